The lowest BCUT2D eigenvalue weighted by atomic mass is 9.97. The Bertz CT molecular complexity index is 202. The maximum Gasteiger partial charge on any atom is -0.0251 e. The van der Waals surface area contributed by atoms with E-state index in [-0.39, 0.29) is 0 Å². The van der Waals surface area contributed by atoms with Crippen molar-refractivity contribution in [1.82, 2.24) is 0 Å². The van der Waals surface area contributed by atoms with Gasteiger partial charge in [-0.3, -0.25) is 0 Å². The molecule has 0 aromatic rings. The zero-order valence-corrected chi connectivity index (χ0v) is 8.25. The molecule has 0 saturated carbocycles. The minimum atomic E-state index is 0.701. The Hall–Kier alpha value is -0.780. The fourth-order valence-corrected chi connectivity index (χ4v) is 1.64. The van der Waals surface area contributed by atoms with Crippen molar-refractivity contribution in [1.29, 1.82) is 0 Å². The second-order valence-electron chi connectivity index (χ2n) is 3.99. The predicted molar refractivity (Wildman–Crippen MR) is 55.0 cm³/mol. The van der Waals surface area contributed by atoms with Gasteiger partial charge in [-0.1, -0.05) is 51.2 Å². The molecule has 0 amide bonds. The van der Waals surface area contributed by atoms with Gasteiger partial charge in [0.2, 0.25) is 0 Å². The van der Waals surface area contributed by atoms with Crippen molar-refractivity contribution >= 4 is 0 Å². The highest BCUT2D eigenvalue weighted by Gasteiger charge is 2.02. The van der Waals surface area contributed by atoms with E-state index >= 15 is 0 Å². The van der Waals surface area contributed by atoms with E-state index in [1.165, 1.54) is 12.0 Å². The van der Waals surface area contributed by atoms with Crippen LogP contribution in [0.4, 0.5) is 0 Å². The second kappa shape index (κ2) is 4.30. The smallest absolute Gasteiger partial charge is 0.0251 e. The van der Waals surface area contributed by atoms with Gasteiger partial charge in [-0.05, 0) is 23.8 Å². The van der Waals surface area contributed by atoms with Gasteiger partial charge in [0.15, 0.2) is 0 Å². The molecule has 12 heavy (non-hydrogen) atoms. The van der Waals surface area contributed by atoms with Crippen molar-refractivity contribution in [3.05, 3.63) is 36.0 Å². The van der Waals surface area contributed by atoms with Crippen LogP contribution in [-0.4, -0.2) is 0 Å². The lowest BCUT2D eigenvalue weighted by Gasteiger charge is -2.09. The highest BCUT2D eigenvalue weighted by Crippen LogP contribution is 2.17. The highest BCUT2D eigenvalue weighted by molar-refractivity contribution is 5.40. The van der Waals surface area contributed by atoms with Crippen LogP contribution < -0.4 is 0 Å². The van der Waals surface area contributed by atoms with Crippen LogP contribution in [0.15, 0.2) is 36.0 Å². The Balaban J connectivity index is 2.44. The average molecular weight is 162 g/mol. The molecule has 1 aliphatic rings. The Morgan fingerprint density at radius 3 is 2.25 bits per heavy atom. The predicted octanol–water partition coefficient (Wildman–Crippen LogP) is 3.72. The van der Waals surface area contributed by atoms with Crippen LogP contribution in [0.2, 0.25) is 0 Å². The largest absolute Gasteiger partial charge is 0.0744 e. The molecule has 0 aromatic carbocycles. The first-order valence-corrected chi connectivity index (χ1v) is 4.75. The summed E-state index contributed by atoms with van der Waals surface area (Å²) in [4.78, 5) is 0. The van der Waals surface area contributed by atoms with E-state index in [0.29, 0.717) is 5.92 Å². The lowest BCUT2D eigenvalue weighted by Crippen LogP contribution is -1.96. The molecule has 0 nitrogen and oxygen atoms in total. The third-order valence-corrected chi connectivity index (χ3v) is 2.01. The van der Waals surface area contributed by atoms with Crippen LogP contribution in [0.25, 0.3) is 0 Å². The van der Waals surface area contributed by atoms with E-state index < -0.39 is 0 Å². The highest BCUT2D eigenvalue weighted by atomic mass is 14.1. The topological polar surface area (TPSA) is 0 Å². The normalized spacial score (nSPS) is 17.5. The summed E-state index contributed by atoms with van der Waals surface area (Å²) in [6.07, 6.45) is 12.1. The molecule has 0 aliphatic heterocycles. The van der Waals surface area contributed by atoms with Gasteiger partial charge in [0.05, 0.1) is 0 Å². The van der Waals surface area contributed by atoms with Gasteiger partial charge >= 0.3 is 0 Å². The van der Waals surface area contributed by atoms with Crippen molar-refractivity contribution < 1.29 is 0 Å². The zero-order valence-electron chi connectivity index (χ0n) is 8.25. The van der Waals surface area contributed by atoms with E-state index in [9.17, 15) is 0 Å². The molecule has 0 spiro atoms. The third kappa shape index (κ3) is 3.08. The molecule has 1 aliphatic carbocycles. The molecule has 0 saturated heterocycles. The zero-order chi connectivity index (χ0) is 8.97. The molecule has 66 valence electrons. The van der Waals surface area contributed by atoms with Crippen LogP contribution in [0.3, 0.4) is 0 Å². The summed E-state index contributed by atoms with van der Waals surface area (Å²) in [5.41, 5.74) is 1.36. The molecule has 0 radical (unpaired) electrons. The van der Waals surface area contributed by atoms with Crippen molar-refractivity contribution in [2.24, 2.45) is 11.8 Å². The molecule has 1 unspecified atom stereocenters. The quantitative estimate of drug-likeness (QED) is 0.593. The van der Waals surface area contributed by atoms with Crippen LogP contribution in [-0.2, 0) is 0 Å². The molecule has 0 heterocycles. The fourth-order valence-electron chi connectivity index (χ4n) is 1.64. The monoisotopic (exact) mass is 162 g/mol. The number of allylic oxidation sites excluding steroid dienone is 6. The minimum absolute atomic E-state index is 0.701. The van der Waals surface area contributed by atoms with E-state index in [2.05, 4.69) is 51.2 Å². The van der Waals surface area contributed by atoms with Crippen molar-refractivity contribution in [3.8, 4) is 0 Å². The van der Waals surface area contributed by atoms with E-state index in [4.69, 9.17) is 0 Å². The SMILES string of the molecule is CC(C)CC(C)C=C1C=CC=C1. The summed E-state index contributed by atoms with van der Waals surface area (Å²) in [7, 11) is 0. The Morgan fingerprint density at radius 1 is 1.17 bits per heavy atom. The van der Waals surface area contributed by atoms with E-state index in [1.807, 2.05) is 0 Å². The summed E-state index contributed by atoms with van der Waals surface area (Å²) >= 11 is 0. The van der Waals surface area contributed by atoms with Crippen molar-refractivity contribution in [3.63, 3.8) is 0 Å². The molecule has 0 fully saturated rings. The molecule has 1 rings (SSSR count). The van der Waals surface area contributed by atoms with Gasteiger partial charge in [0, 0.05) is 0 Å². The van der Waals surface area contributed by atoms with Crippen LogP contribution in [0, 0.1) is 11.8 Å². The summed E-state index contributed by atoms with van der Waals surface area (Å²) in [6.45, 7) is 6.83. The first-order valence-electron chi connectivity index (χ1n) is 4.75. The standard InChI is InChI=1S/C12H18/c1-10(2)8-11(3)9-12-6-4-5-7-12/h4-7,9-11H,8H2,1-3H3. The van der Waals surface area contributed by atoms with Gasteiger partial charge in [0.1, 0.15) is 0 Å². The summed E-state index contributed by atoms with van der Waals surface area (Å²) in [6, 6.07) is 0. The van der Waals surface area contributed by atoms with Gasteiger partial charge in [0.25, 0.3) is 0 Å². The fraction of sp³-hybridized carbons (Fsp3) is 0.500. The third-order valence-electron chi connectivity index (χ3n) is 2.01. The lowest BCUT2D eigenvalue weighted by molar-refractivity contribution is 0.502. The van der Waals surface area contributed by atoms with Crippen LogP contribution >= 0.6 is 0 Å². The van der Waals surface area contributed by atoms with E-state index in [1.54, 1.807) is 0 Å². The minimum Gasteiger partial charge on any atom is -0.0744 e. The Labute approximate surface area is 75.7 Å². The average Bonchev–Trinajstić information content (AvgIpc) is 2.37. The number of hydrogen-bond acceptors (Lipinski definition) is 0. The van der Waals surface area contributed by atoms with Gasteiger partial charge in [-0.2, -0.15) is 0 Å². The summed E-state index contributed by atoms with van der Waals surface area (Å²) in [5, 5.41) is 0. The van der Waals surface area contributed by atoms with Gasteiger partial charge in [-0.15, -0.1) is 0 Å². The summed E-state index contributed by atoms with van der Waals surface area (Å²) < 4.78 is 0. The summed E-state index contributed by atoms with van der Waals surface area (Å²) in [5.74, 6) is 1.50. The van der Waals surface area contributed by atoms with Gasteiger partial charge in [-0.25, -0.2) is 0 Å². The molecule has 0 bridgehead atoms. The van der Waals surface area contributed by atoms with E-state index in [0.717, 1.165) is 5.92 Å². The Morgan fingerprint density at radius 2 is 1.75 bits per heavy atom. The molecule has 1 atom stereocenters. The molecular weight excluding hydrogens is 144 g/mol. The van der Waals surface area contributed by atoms with Gasteiger partial charge < -0.3 is 0 Å². The molecule has 0 aromatic heterocycles. The second-order valence-corrected chi connectivity index (χ2v) is 3.99. The molecular formula is C12H18. The first kappa shape index (κ1) is 9.31. The first-order chi connectivity index (χ1) is 5.68. The van der Waals surface area contributed by atoms with Crippen molar-refractivity contribution in [2.45, 2.75) is 27.2 Å². The number of rotatable bonds is 3. The molecule has 0 heteroatoms. The number of hydrogen-bond donors (Lipinski definition) is 0. The maximum atomic E-state index is 2.35. The molecule has 0 N–H and O–H groups in total. The maximum absolute atomic E-state index is 2.35. The Kier molecular flexibility index (Phi) is 3.33. The van der Waals surface area contributed by atoms with Crippen molar-refractivity contribution in [2.75, 3.05) is 0 Å². The van der Waals surface area contributed by atoms with Crippen LogP contribution in [0.1, 0.15) is 27.2 Å². The van der Waals surface area contributed by atoms with Crippen LogP contribution in [0.5, 0.6) is 0 Å².